The van der Waals surface area contributed by atoms with Gasteiger partial charge >= 0.3 is 6.03 Å². The molecule has 126 valence electrons. The smallest absolute Gasteiger partial charge is 0.314 e. The molecule has 0 spiro atoms. The Morgan fingerprint density at radius 3 is 2.57 bits per heavy atom. The Hall–Kier alpha value is -2.08. The lowest BCUT2D eigenvalue weighted by Crippen LogP contribution is -2.37. The van der Waals surface area contributed by atoms with Crippen LogP contribution in [-0.4, -0.2) is 37.7 Å². The summed E-state index contributed by atoms with van der Waals surface area (Å²) in [4.78, 5) is 22.6. The van der Waals surface area contributed by atoms with Gasteiger partial charge in [0.15, 0.2) is 0 Å². The number of carbonyl (C=O) groups excluding carboxylic acids is 2. The van der Waals surface area contributed by atoms with Crippen LogP contribution in [0.4, 0.5) is 10.5 Å². The number of ether oxygens (including phenoxy) is 1. The predicted molar refractivity (Wildman–Crippen MR) is 89.4 cm³/mol. The molecule has 1 aromatic carbocycles. The Kier molecular flexibility index (Phi) is 6.87. The monoisotopic (exact) mass is 319 g/mol. The molecule has 0 radical (unpaired) electrons. The molecule has 1 saturated heterocycles. The zero-order chi connectivity index (χ0) is 16.5. The third-order valence-corrected chi connectivity index (χ3v) is 3.75. The molecule has 1 aliphatic heterocycles. The zero-order valence-corrected chi connectivity index (χ0v) is 13.6. The van der Waals surface area contributed by atoms with Crippen LogP contribution in [0.5, 0.6) is 0 Å². The lowest BCUT2D eigenvalue weighted by Gasteiger charge is -2.11. The molecule has 0 unspecified atom stereocenters. The molecule has 0 aliphatic carbocycles. The van der Waals surface area contributed by atoms with Crippen LogP contribution < -0.4 is 16.0 Å². The third kappa shape index (κ3) is 6.69. The summed E-state index contributed by atoms with van der Waals surface area (Å²) in [6, 6.07) is 7.47. The van der Waals surface area contributed by atoms with Crippen molar-refractivity contribution >= 4 is 17.6 Å². The minimum atomic E-state index is -0.141. The number of nitrogens with one attached hydrogen (secondary N) is 3. The van der Waals surface area contributed by atoms with Crippen molar-refractivity contribution in [2.75, 3.05) is 25.0 Å². The summed E-state index contributed by atoms with van der Waals surface area (Å²) >= 11 is 0. The van der Waals surface area contributed by atoms with Crippen molar-refractivity contribution in [2.45, 2.75) is 38.7 Å². The summed E-state index contributed by atoms with van der Waals surface area (Å²) in [6.45, 7) is 3.54. The van der Waals surface area contributed by atoms with Crippen LogP contribution in [0.25, 0.3) is 0 Å². The maximum absolute atomic E-state index is 11.7. The van der Waals surface area contributed by atoms with Crippen LogP contribution in [0.1, 0.15) is 31.7 Å². The highest BCUT2D eigenvalue weighted by molar-refractivity contribution is 5.88. The minimum Gasteiger partial charge on any atom is -0.378 e. The highest BCUT2D eigenvalue weighted by Gasteiger charge is 2.14. The van der Waals surface area contributed by atoms with Crippen LogP contribution in [-0.2, 0) is 16.0 Å². The van der Waals surface area contributed by atoms with Crippen molar-refractivity contribution in [3.8, 4) is 0 Å². The van der Waals surface area contributed by atoms with E-state index in [0.717, 1.165) is 43.5 Å². The normalized spacial score (nSPS) is 16.8. The molecule has 23 heavy (non-hydrogen) atoms. The molecule has 3 N–H and O–H groups in total. The van der Waals surface area contributed by atoms with E-state index in [1.807, 2.05) is 24.3 Å². The van der Waals surface area contributed by atoms with Crippen molar-refractivity contribution in [1.82, 2.24) is 10.6 Å². The maximum Gasteiger partial charge on any atom is 0.314 e. The fourth-order valence-corrected chi connectivity index (χ4v) is 2.56. The number of anilines is 1. The van der Waals surface area contributed by atoms with Crippen molar-refractivity contribution in [3.05, 3.63) is 29.8 Å². The second-order valence-electron chi connectivity index (χ2n) is 5.73. The topological polar surface area (TPSA) is 79.5 Å². The average molecular weight is 319 g/mol. The second kappa shape index (κ2) is 9.15. The van der Waals surface area contributed by atoms with E-state index in [1.54, 1.807) is 0 Å². The Morgan fingerprint density at radius 2 is 1.91 bits per heavy atom. The average Bonchev–Trinajstić information content (AvgIpc) is 3.02. The summed E-state index contributed by atoms with van der Waals surface area (Å²) in [5.41, 5.74) is 1.89. The summed E-state index contributed by atoms with van der Waals surface area (Å²) < 4.78 is 5.51. The number of amides is 3. The first-order valence-electron chi connectivity index (χ1n) is 8.13. The molecule has 2 rings (SSSR count). The van der Waals surface area contributed by atoms with Crippen LogP contribution >= 0.6 is 0 Å². The van der Waals surface area contributed by atoms with Crippen LogP contribution in [0.2, 0.25) is 0 Å². The van der Waals surface area contributed by atoms with Crippen molar-refractivity contribution in [3.63, 3.8) is 0 Å². The molecular weight excluding hydrogens is 294 g/mol. The SMILES string of the molecule is CC(=O)Nc1ccc(CCNC(=O)NCC[C@H]2CCCO2)cc1. The van der Waals surface area contributed by atoms with Crippen molar-refractivity contribution < 1.29 is 14.3 Å². The van der Waals surface area contributed by atoms with Gasteiger partial charge in [0.1, 0.15) is 0 Å². The second-order valence-corrected chi connectivity index (χ2v) is 5.73. The van der Waals surface area contributed by atoms with E-state index in [2.05, 4.69) is 16.0 Å². The molecule has 1 heterocycles. The molecule has 6 heteroatoms. The van der Waals surface area contributed by atoms with Gasteiger partial charge in [-0.15, -0.1) is 0 Å². The van der Waals surface area contributed by atoms with Gasteiger partial charge in [0.2, 0.25) is 5.91 Å². The number of hydrogen-bond acceptors (Lipinski definition) is 3. The van der Waals surface area contributed by atoms with Gasteiger partial charge in [-0.05, 0) is 43.4 Å². The molecule has 0 saturated carbocycles. The number of urea groups is 1. The fourth-order valence-electron chi connectivity index (χ4n) is 2.56. The fraction of sp³-hybridized carbons (Fsp3) is 0.529. The molecular formula is C17H25N3O3. The number of benzene rings is 1. The Morgan fingerprint density at radius 1 is 1.17 bits per heavy atom. The number of hydrogen-bond donors (Lipinski definition) is 3. The molecule has 1 fully saturated rings. The van der Waals surface area contributed by atoms with Crippen LogP contribution in [0, 0.1) is 0 Å². The van der Waals surface area contributed by atoms with Crippen molar-refractivity contribution in [2.24, 2.45) is 0 Å². The van der Waals surface area contributed by atoms with Gasteiger partial charge in [-0.1, -0.05) is 12.1 Å². The van der Waals surface area contributed by atoms with Gasteiger partial charge in [0.05, 0.1) is 6.10 Å². The summed E-state index contributed by atoms with van der Waals surface area (Å²) in [7, 11) is 0. The largest absolute Gasteiger partial charge is 0.378 e. The quantitative estimate of drug-likeness (QED) is 0.720. The summed E-state index contributed by atoms with van der Waals surface area (Å²) in [6.07, 6.45) is 4.14. The van der Waals surface area contributed by atoms with Gasteiger partial charge in [-0.25, -0.2) is 4.79 Å². The Bertz CT molecular complexity index is 510. The first-order valence-corrected chi connectivity index (χ1v) is 8.13. The van der Waals surface area contributed by atoms with E-state index >= 15 is 0 Å². The zero-order valence-electron chi connectivity index (χ0n) is 13.6. The van der Waals surface area contributed by atoms with Gasteiger partial charge < -0.3 is 20.7 Å². The molecule has 0 bridgehead atoms. The minimum absolute atomic E-state index is 0.0842. The van der Waals surface area contributed by atoms with Crippen molar-refractivity contribution in [1.29, 1.82) is 0 Å². The van der Waals surface area contributed by atoms with E-state index in [-0.39, 0.29) is 11.9 Å². The first kappa shape index (κ1) is 17.3. The molecule has 0 aromatic heterocycles. The van der Waals surface area contributed by atoms with E-state index in [0.29, 0.717) is 19.2 Å². The third-order valence-electron chi connectivity index (χ3n) is 3.75. The lowest BCUT2D eigenvalue weighted by molar-refractivity contribution is -0.114. The van der Waals surface area contributed by atoms with Gasteiger partial charge in [-0.3, -0.25) is 4.79 Å². The van der Waals surface area contributed by atoms with Gasteiger partial charge in [0, 0.05) is 32.3 Å². The molecule has 6 nitrogen and oxygen atoms in total. The number of rotatable bonds is 7. The molecule has 3 amide bonds. The Labute approximate surface area is 137 Å². The van der Waals surface area contributed by atoms with Crippen LogP contribution in [0.15, 0.2) is 24.3 Å². The molecule has 1 aromatic rings. The molecule has 1 aliphatic rings. The van der Waals surface area contributed by atoms with Gasteiger partial charge in [0.25, 0.3) is 0 Å². The summed E-state index contributed by atoms with van der Waals surface area (Å²) in [5.74, 6) is -0.0842. The van der Waals surface area contributed by atoms with Gasteiger partial charge in [-0.2, -0.15) is 0 Å². The first-order chi connectivity index (χ1) is 11.1. The standard InChI is InChI=1S/C17H25N3O3/c1-13(21)20-15-6-4-14(5-7-15)8-10-18-17(22)19-11-9-16-3-2-12-23-16/h4-7,16H,2-3,8-12H2,1H3,(H,20,21)(H2,18,19,22)/t16-/m1/s1. The van der Waals surface area contributed by atoms with E-state index in [9.17, 15) is 9.59 Å². The van der Waals surface area contributed by atoms with E-state index in [4.69, 9.17) is 4.74 Å². The predicted octanol–water partition coefficient (Wildman–Crippen LogP) is 2.06. The van der Waals surface area contributed by atoms with E-state index in [1.165, 1.54) is 6.92 Å². The lowest BCUT2D eigenvalue weighted by atomic mass is 10.1. The van der Waals surface area contributed by atoms with E-state index < -0.39 is 0 Å². The number of carbonyl (C=O) groups is 2. The Balaban J connectivity index is 1.58. The highest BCUT2D eigenvalue weighted by atomic mass is 16.5. The highest BCUT2D eigenvalue weighted by Crippen LogP contribution is 2.14. The summed E-state index contributed by atoms with van der Waals surface area (Å²) in [5, 5.41) is 8.42. The maximum atomic E-state index is 11.7. The molecule has 1 atom stereocenters. The van der Waals surface area contributed by atoms with Crippen LogP contribution in [0.3, 0.4) is 0 Å².